The molecule has 9 heteroatoms. The number of rotatable bonds is 3. The van der Waals surface area contributed by atoms with Crippen molar-refractivity contribution in [3.05, 3.63) is 118 Å². The number of ether oxygens (including phenoxy) is 1. The van der Waals surface area contributed by atoms with Crippen molar-refractivity contribution in [2.45, 2.75) is 12.8 Å². The van der Waals surface area contributed by atoms with E-state index in [1.54, 1.807) is 23.0 Å². The molecular formula is C28H18Cl2N6O. The summed E-state index contributed by atoms with van der Waals surface area (Å²) in [4.78, 5) is 9.56. The number of halogens is 2. The highest BCUT2D eigenvalue weighted by molar-refractivity contribution is 6.36. The van der Waals surface area contributed by atoms with E-state index in [4.69, 9.17) is 38.0 Å². The van der Waals surface area contributed by atoms with Crippen molar-refractivity contribution in [3.8, 4) is 28.8 Å². The Hall–Kier alpha value is -4.20. The summed E-state index contributed by atoms with van der Waals surface area (Å²) >= 11 is 12.6. The largest absolute Gasteiger partial charge is 0.420 e. The van der Waals surface area contributed by atoms with Gasteiger partial charge in [-0.25, -0.2) is 19.2 Å². The maximum absolute atomic E-state index is 6.48. The van der Waals surface area contributed by atoms with Crippen LogP contribution < -0.4 is 4.74 Å². The van der Waals surface area contributed by atoms with Crippen molar-refractivity contribution in [3.63, 3.8) is 0 Å². The molecule has 3 aromatic carbocycles. The van der Waals surface area contributed by atoms with E-state index in [0.717, 1.165) is 28.1 Å². The number of nitrogens with zero attached hydrogens (tertiary/aromatic N) is 6. The van der Waals surface area contributed by atoms with Crippen LogP contribution in [0.25, 0.3) is 22.7 Å². The van der Waals surface area contributed by atoms with Gasteiger partial charge in [0.25, 0.3) is 0 Å². The summed E-state index contributed by atoms with van der Waals surface area (Å²) in [7, 11) is 0. The Bertz CT molecular complexity index is 1800. The van der Waals surface area contributed by atoms with Crippen molar-refractivity contribution in [2.24, 2.45) is 0 Å². The highest BCUT2D eigenvalue weighted by atomic mass is 35.5. The zero-order valence-corrected chi connectivity index (χ0v) is 21.0. The number of aromatic nitrogens is 6. The van der Waals surface area contributed by atoms with Crippen molar-refractivity contribution < 1.29 is 4.74 Å². The van der Waals surface area contributed by atoms with Crippen LogP contribution in [0.15, 0.2) is 85.2 Å². The molecule has 1 aliphatic heterocycles. The fraction of sp³-hybridized carbons (Fsp3) is 0.0714. The van der Waals surface area contributed by atoms with E-state index >= 15 is 0 Å². The molecule has 7 rings (SSSR count). The highest BCUT2D eigenvalue weighted by Crippen LogP contribution is 2.49. The Morgan fingerprint density at radius 1 is 0.865 bits per heavy atom. The Morgan fingerprint density at radius 2 is 1.62 bits per heavy atom. The maximum atomic E-state index is 6.48. The molecule has 0 radical (unpaired) electrons. The number of aryl methyl sites for hydroxylation is 1. The average molecular weight is 525 g/mol. The van der Waals surface area contributed by atoms with Gasteiger partial charge in [-0.05, 0) is 42.8 Å². The van der Waals surface area contributed by atoms with Gasteiger partial charge in [-0.15, -0.1) is 5.10 Å². The molecule has 0 spiro atoms. The minimum Gasteiger partial charge on any atom is -0.420 e. The van der Waals surface area contributed by atoms with Crippen LogP contribution in [0.3, 0.4) is 0 Å². The number of fused-ring (bicyclic) bond motifs is 4. The topological polar surface area (TPSA) is 70.1 Å². The predicted molar refractivity (Wildman–Crippen MR) is 142 cm³/mol. The summed E-state index contributed by atoms with van der Waals surface area (Å²) in [6.45, 7) is 2.00. The van der Waals surface area contributed by atoms with Crippen LogP contribution in [0.1, 0.15) is 28.3 Å². The number of benzene rings is 3. The van der Waals surface area contributed by atoms with E-state index in [-0.39, 0.29) is 5.92 Å². The normalized spacial score (nSPS) is 14.3. The summed E-state index contributed by atoms with van der Waals surface area (Å²) in [6.07, 6.45) is 1.61. The van der Waals surface area contributed by atoms with Crippen LogP contribution in [0.4, 0.5) is 0 Å². The zero-order chi connectivity index (χ0) is 25.1. The first-order valence-electron chi connectivity index (χ1n) is 11.7. The van der Waals surface area contributed by atoms with Gasteiger partial charge in [0.2, 0.25) is 11.8 Å². The first-order chi connectivity index (χ1) is 18.1. The highest BCUT2D eigenvalue weighted by Gasteiger charge is 2.38. The summed E-state index contributed by atoms with van der Waals surface area (Å²) < 4.78 is 9.96. The molecule has 0 saturated carbocycles. The van der Waals surface area contributed by atoms with E-state index in [9.17, 15) is 0 Å². The van der Waals surface area contributed by atoms with Gasteiger partial charge in [0.15, 0.2) is 11.5 Å². The molecular weight excluding hydrogens is 507 g/mol. The first kappa shape index (κ1) is 22.0. The minimum atomic E-state index is -0.216. The van der Waals surface area contributed by atoms with Crippen molar-refractivity contribution in [1.29, 1.82) is 0 Å². The Balaban J connectivity index is 1.49. The lowest BCUT2D eigenvalue weighted by Gasteiger charge is -2.26. The van der Waals surface area contributed by atoms with Crippen LogP contribution in [0.2, 0.25) is 10.0 Å². The molecule has 1 aliphatic rings. The lowest BCUT2D eigenvalue weighted by molar-refractivity contribution is 0.402. The second-order valence-electron chi connectivity index (χ2n) is 8.79. The molecule has 6 aromatic rings. The molecule has 0 aliphatic carbocycles. The van der Waals surface area contributed by atoms with Gasteiger partial charge in [0.05, 0.1) is 33.4 Å². The molecule has 0 amide bonds. The van der Waals surface area contributed by atoms with Crippen LogP contribution in [0.5, 0.6) is 11.8 Å². The van der Waals surface area contributed by atoms with Gasteiger partial charge in [-0.3, -0.25) is 0 Å². The van der Waals surface area contributed by atoms with Gasteiger partial charge in [-0.1, -0.05) is 71.7 Å². The number of para-hydroxylation sites is 1. The Labute approximate surface area is 221 Å². The molecule has 0 fully saturated rings. The molecule has 180 valence electrons. The molecule has 0 unspecified atom stereocenters. The van der Waals surface area contributed by atoms with Gasteiger partial charge in [0.1, 0.15) is 6.33 Å². The van der Waals surface area contributed by atoms with Crippen LogP contribution in [-0.2, 0) is 0 Å². The molecule has 7 nitrogen and oxygen atoms in total. The molecule has 0 saturated heterocycles. The van der Waals surface area contributed by atoms with E-state index in [1.165, 1.54) is 0 Å². The summed E-state index contributed by atoms with van der Waals surface area (Å²) in [6, 6.07) is 25.4. The van der Waals surface area contributed by atoms with Gasteiger partial charge in [-0.2, -0.15) is 5.10 Å². The van der Waals surface area contributed by atoms with Gasteiger partial charge >= 0.3 is 0 Å². The fourth-order valence-electron chi connectivity index (χ4n) is 4.89. The fourth-order valence-corrected chi connectivity index (χ4v) is 5.38. The standard InChI is InChI=1S/C28H18Cl2N6O/c1-16-22-23(17-8-4-2-5-9-17)24-26-32-25(20-13-12-18(29)14-21(20)30)34-35(26)15-31-27(24)37-28(22)36(33-16)19-10-6-3-7-11-19/h2-15,23H,1H3/t23-/m1/s1. The second-order valence-corrected chi connectivity index (χ2v) is 9.63. The van der Waals surface area contributed by atoms with E-state index in [1.807, 2.05) is 66.2 Å². The lowest BCUT2D eigenvalue weighted by atomic mass is 9.84. The molecule has 1 atom stereocenters. The third kappa shape index (κ3) is 3.50. The van der Waals surface area contributed by atoms with Gasteiger partial charge < -0.3 is 4.74 Å². The van der Waals surface area contributed by atoms with E-state index in [2.05, 4.69) is 22.2 Å². The number of hydrogen-bond donors (Lipinski definition) is 0. The Kier molecular flexibility index (Phi) is 5.02. The quantitative estimate of drug-likeness (QED) is 0.252. The third-order valence-electron chi connectivity index (χ3n) is 6.53. The van der Waals surface area contributed by atoms with E-state index < -0.39 is 0 Å². The third-order valence-corrected chi connectivity index (χ3v) is 7.07. The van der Waals surface area contributed by atoms with Crippen LogP contribution in [-0.4, -0.2) is 29.4 Å². The zero-order valence-electron chi connectivity index (χ0n) is 19.5. The van der Waals surface area contributed by atoms with Gasteiger partial charge in [0, 0.05) is 10.6 Å². The summed E-state index contributed by atoms with van der Waals surface area (Å²) in [5, 5.41) is 10.6. The van der Waals surface area contributed by atoms with Crippen LogP contribution >= 0.6 is 23.2 Å². The average Bonchev–Trinajstić information content (AvgIpc) is 3.49. The lowest BCUT2D eigenvalue weighted by Crippen LogP contribution is -2.16. The smallest absolute Gasteiger partial charge is 0.230 e. The number of hydrogen-bond acceptors (Lipinski definition) is 5. The predicted octanol–water partition coefficient (Wildman–Crippen LogP) is 6.88. The first-order valence-corrected chi connectivity index (χ1v) is 12.4. The summed E-state index contributed by atoms with van der Waals surface area (Å²) in [5.74, 6) is 1.37. The minimum absolute atomic E-state index is 0.216. The van der Waals surface area contributed by atoms with E-state index in [0.29, 0.717) is 38.8 Å². The molecule has 0 bridgehead atoms. The molecule has 0 N–H and O–H groups in total. The molecule has 37 heavy (non-hydrogen) atoms. The molecule has 4 heterocycles. The molecule has 3 aromatic heterocycles. The second kappa shape index (κ2) is 8.44. The van der Waals surface area contributed by atoms with Crippen molar-refractivity contribution in [1.82, 2.24) is 29.4 Å². The monoisotopic (exact) mass is 524 g/mol. The van der Waals surface area contributed by atoms with Crippen LogP contribution in [0, 0.1) is 6.92 Å². The van der Waals surface area contributed by atoms with Crippen molar-refractivity contribution >= 4 is 28.8 Å². The summed E-state index contributed by atoms with van der Waals surface area (Å²) in [5.41, 5.74) is 5.95. The van der Waals surface area contributed by atoms with Crippen molar-refractivity contribution in [2.75, 3.05) is 0 Å². The maximum Gasteiger partial charge on any atom is 0.230 e. The SMILES string of the molecule is Cc1nn(-c2ccccc2)c2c1[C@@H](c1ccccc1)c1c(ncn3nc(-c4ccc(Cl)cc4Cl)nc13)O2. The Morgan fingerprint density at radius 3 is 2.38 bits per heavy atom.